The van der Waals surface area contributed by atoms with E-state index in [2.05, 4.69) is 18.7 Å². The van der Waals surface area contributed by atoms with E-state index >= 15 is 0 Å². The fourth-order valence-corrected chi connectivity index (χ4v) is 4.75. The lowest BCUT2D eigenvalue weighted by Gasteiger charge is -2.44. The van der Waals surface area contributed by atoms with Gasteiger partial charge in [0.15, 0.2) is 0 Å². The predicted molar refractivity (Wildman–Crippen MR) is 128 cm³/mol. The summed E-state index contributed by atoms with van der Waals surface area (Å²) < 4.78 is 23.0. The quantitative estimate of drug-likeness (QED) is 0.538. The van der Waals surface area contributed by atoms with Crippen LogP contribution < -0.4 is 11.2 Å². The second-order valence-corrected chi connectivity index (χ2v) is 8.86. The zero-order chi connectivity index (χ0) is 24.0. The molecule has 0 spiro atoms. The highest BCUT2D eigenvalue weighted by molar-refractivity contribution is 5.22. The van der Waals surface area contributed by atoms with Crippen molar-refractivity contribution in [1.29, 1.82) is 0 Å². The first-order valence-corrected chi connectivity index (χ1v) is 11.8. The molecule has 0 saturated carbocycles. The number of allylic oxidation sites excluding steroid dienone is 2. The Hall–Kier alpha value is -1.99. The van der Waals surface area contributed by atoms with E-state index in [1.165, 1.54) is 11.6 Å². The SMILES string of the molecule is C/C=C\C(COC1CC(C)N(CCc2c(C)n(C)c(=O)n(C)c2=O)C(CC)C1)=C(\F)CC. The van der Waals surface area contributed by atoms with Crippen molar-refractivity contribution in [2.45, 2.75) is 84.9 Å². The van der Waals surface area contributed by atoms with Gasteiger partial charge in [0.05, 0.1) is 12.7 Å². The Balaban J connectivity index is 2.10. The number of rotatable bonds is 9. The van der Waals surface area contributed by atoms with Crippen LogP contribution >= 0.6 is 0 Å². The maximum Gasteiger partial charge on any atom is 0.330 e. The van der Waals surface area contributed by atoms with Crippen molar-refractivity contribution in [2.24, 2.45) is 14.1 Å². The Bertz CT molecular complexity index is 960. The van der Waals surface area contributed by atoms with Crippen LogP contribution in [-0.2, 0) is 25.3 Å². The number of aromatic nitrogens is 2. The number of hydrogen-bond donors (Lipinski definition) is 0. The van der Waals surface area contributed by atoms with Gasteiger partial charge < -0.3 is 9.30 Å². The minimum atomic E-state index is -0.292. The summed E-state index contributed by atoms with van der Waals surface area (Å²) in [6.45, 7) is 11.0. The molecular weight excluding hydrogens is 409 g/mol. The number of hydrogen-bond acceptors (Lipinski definition) is 4. The van der Waals surface area contributed by atoms with Gasteiger partial charge in [-0.1, -0.05) is 26.0 Å². The Kier molecular flexibility index (Phi) is 9.64. The molecule has 3 unspecified atom stereocenters. The van der Waals surface area contributed by atoms with Gasteiger partial charge in [0.25, 0.3) is 5.56 Å². The Morgan fingerprint density at radius 1 is 1.19 bits per heavy atom. The molecule has 180 valence electrons. The summed E-state index contributed by atoms with van der Waals surface area (Å²) in [6, 6.07) is 0.631. The van der Waals surface area contributed by atoms with E-state index in [1.807, 2.05) is 26.8 Å². The molecule has 1 aliphatic rings. The van der Waals surface area contributed by atoms with Crippen LogP contribution in [0.4, 0.5) is 4.39 Å². The number of nitrogens with zero attached hydrogens (tertiary/aromatic N) is 3. The summed E-state index contributed by atoms with van der Waals surface area (Å²) in [5, 5.41) is 0. The van der Waals surface area contributed by atoms with Crippen LogP contribution in [0.15, 0.2) is 33.1 Å². The molecule has 0 bridgehead atoms. The van der Waals surface area contributed by atoms with Gasteiger partial charge in [-0.3, -0.25) is 14.3 Å². The molecule has 3 atom stereocenters. The molecule has 1 aromatic heterocycles. The van der Waals surface area contributed by atoms with Crippen LogP contribution in [0.5, 0.6) is 0 Å². The van der Waals surface area contributed by atoms with Gasteiger partial charge in [-0.05, 0) is 52.9 Å². The van der Waals surface area contributed by atoms with Gasteiger partial charge in [-0.2, -0.15) is 0 Å². The Morgan fingerprint density at radius 3 is 2.47 bits per heavy atom. The number of ether oxygens (including phenoxy) is 1. The van der Waals surface area contributed by atoms with Crippen molar-refractivity contribution < 1.29 is 9.13 Å². The highest BCUT2D eigenvalue weighted by atomic mass is 19.1. The molecule has 6 nitrogen and oxygen atoms in total. The highest BCUT2D eigenvalue weighted by Gasteiger charge is 2.33. The zero-order valence-corrected chi connectivity index (χ0v) is 20.8. The fourth-order valence-electron chi connectivity index (χ4n) is 4.75. The lowest BCUT2D eigenvalue weighted by atomic mass is 9.91. The van der Waals surface area contributed by atoms with Gasteiger partial charge in [0.2, 0.25) is 0 Å². The minimum Gasteiger partial charge on any atom is -0.373 e. The second kappa shape index (κ2) is 11.8. The van der Waals surface area contributed by atoms with Crippen molar-refractivity contribution in [3.8, 4) is 0 Å². The van der Waals surface area contributed by atoms with Gasteiger partial charge in [-0.25, -0.2) is 9.18 Å². The second-order valence-electron chi connectivity index (χ2n) is 8.86. The first-order chi connectivity index (χ1) is 15.2. The lowest BCUT2D eigenvalue weighted by molar-refractivity contribution is -0.0309. The lowest BCUT2D eigenvalue weighted by Crippen LogP contribution is -2.51. The third kappa shape index (κ3) is 5.87. The van der Waals surface area contributed by atoms with Crippen molar-refractivity contribution in [3.63, 3.8) is 0 Å². The van der Waals surface area contributed by atoms with Crippen molar-refractivity contribution in [3.05, 3.63) is 55.6 Å². The molecule has 0 aromatic carbocycles. The van der Waals surface area contributed by atoms with Crippen LogP contribution in [0.2, 0.25) is 0 Å². The normalized spacial score (nSPS) is 23.1. The molecule has 1 saturated heterocycles. The first kappa shape index (κ1) is 26.3. The first-order valence-electron chi connectivity index (χ1n) is 11.8. The van der Waals surface area contributed by atoms with Crippen molar-refractivity contribution in [1.82, 2.24) is 14.0 Å². The van der Waals surface area contributed by atoms with Gasteiger partial charge in [0, 0.05) is 49.6 Å². The van der Waals surface area contributed by atoms with Crippen molar-refractivity contribution in [2.75, 3.05) is 13.2 Å². The summed E-state index contributed by atoms with van der Waals surface area (Å²) >= 11 is 0. The molecular formula is C25H40FN3O3. The smallest absolute Gasteiger partial charge is 0.330 e. The number of likely N-dealkylation sites (tertiary alicyclic amines) is 1. The van der Waals surface area contributed by atoms with Crippen molar-refractivity contribution >= 4 is 0 Å². The van der Waals surface area contributed by atoms with Gasteiger partial charge in [0.1, 0.15) is 5.83 Å². The minimum absolute atomic E-state index is 0.0864. The third-order valence-electron chi connectivity index (χ3n) is 6.84. The average Bonchev–Trinajstić information content (AvgIpc) is 2.79. The maximum atomic E-state index is 14.1. The third-order valence-corrected chi connectivity index (χ3v) is 6.84. The van der Waals surface area contributed by atoms with Crippen LogP contribution in [0, 0.1) is 6.92 Å². The molecule has 7 heteroatoms. The predicted octanol–water partition coefficient (Wildman–Crippen LogP) is 3.79. The molecule has 32 heavy (non-hydrogen) atoms. The summed E-state index contributed by atoms with van der Waals surface area (Å²) in [5.74, 6) is -0.116. The molecule has 2 heterocycles. The van der Waals surface area contributed by atoms with E-state index in [1.54, 1.807) is 17.7 Å². The molecule has 0 amide bonds. The van der Waals surface area contributed by atoms with E-state index in [0.29, 0.717) is 42.7 Å². The van der Waals surface area contributed by atoms with E-state index in [0.717, 1.165) is 31.5 Å². The molecule has 0 aliphatic carbocycles. The number of piperidine rings is 1. The number of halogens is 1. The molecule has 1 fully saturated rings. The zero-order valence-electron chi connectivity index (χ0n) is 20.8. The summed E-state index contributed by atoms with van der Waals surface area (Å²) in [6.07, 6.45) is 7.46. The Morgan fingerprint density at radius 2 is 1.88 bits per heavy atom. The van der Waals surface area contributed by atoms with Crippen LogP contribution in [-0.4, -0.2) is 45.4 Å². The van der Waals surface area contributed by atoms with Crippen LogP contribution in [0.3, 0.4) is 0 Å². The standard InChI is InChI=1S/C25H40FN3O3/c1-8-11-19(23(26)10-3)16-32-21-14-17(4)29(20(9-2)15-21)13-12-22-18(5)27(6)25(31)28(7)24(22)30/h8,11,17,20-21H,9-10,12-16H2,1-7H3/b11-8-,23-19-. The van der Waals surface area contributed by atoms with E-state index in [-0.39, 0.29) is 23.2 Å². The van der Waals surface area contributed by atoms with E-state index in [4.69, 9.17) is 4.74 Å². The van der Waals surface area contributed by atoms with Gasteiger partial charge in [-0.15, -0.1) is 0 Å². The largest absolute Gasteiger partial charge is 0.373 e. The summed E-state index contributed by atoms with van der Waals surface area (Å²) in [5.41, 5.74) is 1.56. The average molecular weight is 450 g/mol. The Labute approximate surface area is 191 Å². The van der Waals surface area contributed by atoms with Crippen LogP contribution in [0.1, 0.15) is 64.6 Å². The van der Waals surface area contributed by atoms with Gasteiger partial charge >= 0.3 is 5.69 Å². The summed E-state index contributed by atoms with van der Waals surface area (Å²) in [7, 11) is 3.24. The molecule has 0 radical (unpaired) electrons. The maximum absolute atomic E-state index is 14.1. The molecule has 0 N–H and O–H groups in total. The molecule has 1 aliphatic heterocycles. The highest BCUT2D eigenvalue weighted by Crippen LogP contribution is 2.28. The topological polar surface area (TPSA) is 56.5 Å². The monoisotopic (exact) mass is 449 g/mol. The van der Waals surface area contributed by atoms with E-state index in [9.17, 15) is 14.0 Å². The van der Waals surface area contributed by atoms with Crippen LogP contribution in [0.25, 0.3) is 0 Å². The molecule has 1 aromatic rings. The molecule has 2 rings (SSSR count). The van der Waals surface area contributed by atoms with E-state index < -0.39 is 0 Å². The summed E-state index contributed by atoms with van der Waals surface area (Å²) in [4.78, 5) is 27.3. The fraction of sp³-hybridized carbons (Fsp3) is 0.680.